The van der Waals surface area contributed by atoms with E-state index in [1.54, 1.807) is 42.6 Å². The highest BCUT2D eigenvalue weighted by Crippen LogP contribution is 2.25. The zero-order chi connectivity index (χ0) is 22.6. The number of carbonyl (C=O) groups excluding carboxylic acids is 1. The van der Waals surface area contributed by atoms with E-state index >= 15 is 0 Å². The van der Waals surface area contributed by atoms with Crippen molar-refractivity contribution in [2.75, 3.05) is 0 Å². The van der Waals surface area contributed by atoms with Crippen LogP contribution in [0.4, 0.5) is 4.79 Å². The van der Waals surface area contributed by atoms with E-state index in [1.165, 1.54) is 4.80 Å². The lowest BCUT2D eigenvalue weighted by Crippen LogP contribution is -2.44. The zero-order valence-corrected chi connectivity index (χ0v) is 18.0. The highest BCUT2D eigenvalue weighted by molar-refractivity contribution is 6.30. The Morgan fingerprint density at radius 3 is 2.52 bits per heavy atom. The summed E-state index contributed by atoms with van der Waals surface area (Å²) in [5.74, 6) is 1.31. The molecule has 0 aliphatic rings. The molecule has 2 aromatic heterocycles. The van der Waals surface area contributed by atoms with Crippen LogP contribution < -0.4 is 10.5 Å². The molecule has 0 aliphatic carbocycles. The molecule has 3 N–H and O–H groups in total. The van der Waals surface area contributed by atoms with Gasteiger partial charge in [0, 0.05) is 22.8 Å². The van der Waals surface area contributed by atoms with Crippen LogP contribution in [0.5, 0.6) is 11.6 Å². The van der Waals surface area contributed by atoms with Crippen molar-refractivity contribution in [2.24, 2.45) is 11.1 Å². The van der Waals surface area contributed by atoms with E-state index in [-0.39, 0.29) is 6.54 Å². The monoisotopic (exact) mass is 446 g/mol. The topological polar surface area (TPSA) is 138 Å². The summed E-state index contributed by atoms with van der Waals surface area (Å²) in [5, 5.41) is 23.3. The van der Waals surface area contributed by atoms with Gasteiger partial charge in [0.05, 0.1) is 6.10 Å². The summed E-state index contributed by atoms with van der Waals surface area (Å²) in [7, 11) is 0. The van der Waals surface area contributed by atoms with Gasteiger partial charge in [-0.1, -0.05) is 32.4 Å². The molecular formula is C20H23ClN6O4. The molecule has 1 amide bonds. The largest absolute Gasteiger partial charge is 0.442 e. The van der Waals surface area contributed by atoms with Crippen molar-refractivity contribution in [2.45, 2.75) is 39.5 Å². The van der Waals surface area contributed by atoms with E-state index in [2.05, 4.69) is 20.4 Å². The van der Waals surface area contributed by atoms with Gasteiger partial charge in [0.1, 0.15) is 12.3 Å². The zero-order valence-electron chi connectivity index (χ0n) is 17.3. The number of rotatable bonds is 7. The molecule has 0 radical (unpaired) electrons. The molecule has 0 bridgehead atoms. The second-order valence-electron chi connectivity index (χ2n) is 7.90. The maximum absolute atomic E-state index is 11.2. The molecule has 0 saturated heterocycles. The van der Waals surface area contributed by atoms with Gasteiger partial charge in [0.2, 0.25) is 11.7 Å². The average molecular weight is 447 g/mol. The van der Waals surface area contributed by atoms with Crippen molar-refractivity contribution in [3.63, 3.8) is 0 Å². The highest BCUT2D eigenvalue weighted by atomic mass is 35.5. The van der Waals surface area contributed by atoms with Gasteiger partial charge in [-0.2, -0.15) is 4.80 Å². The van der Waals surface area contributed by atoms with Crippen LogP contribution in [0.1, 0.15) is 20.8 Å². The molecule has 0 saturated carbocycles. The predicted octanol–water partition coefficient (Wildman–Crippen LogP) is 3.05. The van der Waals surface area contributed by atoms with E-state index < -0.39 is 23.7 Å². The molecular weight excluding hydrogens is 424 g/mol. The number of amides is 1. The quantitative estimate of drug-likeness (QED) is 0.564. The van der Waals surface area contributed by atoms with Crippen LogP contribution in [0.2, 0.25) is 5.02 Å². The van der Waals surface area contributed by atoms with Gasteiger partial charge in [-0.15, -0.1) is 10.2 Å². The van der Waals surface area contributed by atoms with Crippen LogP contribution in [-0.4, -0.2) is 48.6 Å². The lowest BCUT2D eigenvalue weighted by Gasteiger charge is -2.31. The Morgan fingerprint density at radius 2 is 1.94 bits per heavy atom. The molecule has 1 aromatic carbocycles. The predicted molar refractivity (Wildman–Crippen MR) is 112 cm³/mol. The van der Waals surface area contributed by atoms with Gasteiger partial charge in [-0.3, -0.25) is 0 Å². The van der Waals surface area contributed by atoms with E-state index in [0.717, 1.165) is 0 Å². The first kappa shape index (κ1) is 22.4. The van der Waals surface area contributed by atoms with Crippen LogP contribution in [0.15, 0.2) is 42.6 Å². The highest BCUT2D eigenvalue weighted by Gasteiger charge is 2.34. The normalized spacial score (nSPS) is 13.5. The van der Waals surface area contributed by atoms with Gasteiger partial charge in [-0.25, -0.2) is 9.78 Å². The second kappa shape index (κ2) is 9.27. The summed E-state index contributed by atoms with van der Waals surface area (Å²) in [6.07, 6.45) is -1.36. The summed E-state index contributed by atoms with van der Waals surface area (Å²) in [5.41, 5.74) is 5.20. The number of hydrogen-bond acceptors (Lipinski definition) is 8. The smallest absolute Gasteiger partial charge is 0.404 e. The molecule has 10 nitrogen and oxygen atoms in total. The average Bonchev–Trinajstić information content (AvgIpc) is 3.17. The number of aliphatic hydroxyl groups excluding tert-OH is 1. The van der Waals surface area contributed by atoms with Gasteiger partial charge >= 0.3 is 6.09 Å². The van der Waals surface area contributed by atoms with Crippen LogP contribution >= 0.6 is 11.6 Å². The van der Waals surface area contributed by atoms with E-state index in [9.17, 15) is 9.90 Å². The third kappa shape index (κ3) is 6.12. The summed E-state index contributed by atoms with van der Waals surface area (Å²) in [6, 6.07) is 10.3. The van der Waals surface area contributed by atoms with Crippen LogP contribution in [-0.2, 0) is 11.3 Å². The number of primary amides is 1. The minimum atomic E-state index is -0.992. The number of nitrogens with zero attached hydrogens (tertiary/aromatic N) is 5. The number of tetrazole rings is 1. The summed E-state index contributed by atoms with van der Waals surface area (Å²) in [4.78, 5) is 16.7. The van der Waals surface area contributed by atoms with Crippen LogP contribution in [0.3, 0.4) is 0 Å². The molecule has 31 heavy (non-hydrogen) atoms. The van der Waals surface area contributed by atoms with Crippen LogP contribution in [0.25, 0.3) is 11.4 Å². The van der Waals surface area contributed by atoms with E-state index in [1.807, 2.05) is 20.8 Å². The molecule has 11 heteroatoms. The van der Waals surface area contributed by atoms with E-state index in [0.29, 0.717) is 28.0 Å². The fourth-order valence-electron chi connectivity index (χ4n) is 2.70. The third-order valence-corrected chi connectivity index (χ3v) is 4.59. The second-order valence-corrected chi connectivity index (χ2v) is 8.33. The Hall–Kier alpha value is -3.24. The number of pyridine rings is 1. The molecule has 1 unspecified atom stereocenters. The molecule has 3 aromatic rings. The Labute approximate surface area is 183 Å². The Morgan fingerprint density at radius 1 is 1.23 bits per heavy atom. The molecule has 0 aliphatic heterocycles. The number of aromatic nitrogens is 5. The lowest BCUT2D eigenvalue weighted by molar-refractivity contribution is -0.0583. The van der Waals surface area contributed by atoms with Gasteiger partial charge in [0.25, 0.3) is 0 Å². The van der Waals surface area contributed by atoms with Crippen molar-refractivity contribution in [1.29, 1.82) is 0 Å². The maximum atomic E-state index is 11.2. The summed E-state index contributed by atoms with van der Waals surface area (Å²) < 4.78 is 10.7. The van der Waals surface area contributed by atoms with Crippen molar-refractivity contribution >= 4 is 17.7 Å². The first-order chi connectivity index (χ1) is 14.6. The SMILES string of the molecule is CC(C)(C)C(O)[C@H](Cn1nnc(-c2ccc(Oc3ccc(Cl)cc3)nc2)n1)OC(N)=O. The Bertz CT molecular complexity index is 1020. The van der Waals surface area contributed by atoms with Crippen molar-refractivity contribution in [1.82, 2.24) is 25.2 Å². The fourth-order valence-corrected chi connectivity index (χ4v) is 2.83. The number of nitrogens with two attached hydrogens (primary N) is 1. The minimum absolute atomic E-state index is 0.0143. The summed E-state index contributed by atoms with van der Waals surface area (Å²) >= 11 is 5.86. The number of carbonyl (C=O) groups is 1. The van der Waals surface area contributed by atoms with E-state index in [4.69, 9.17) is 26.8 Å². The molecule has 0 fully saturated rings. The molecule has 2 heterocycles. The Kier molecular flexibility index (Phi) is 6.71. The molecule has 3 rings (SSSR count). The first-order valence-electron chi connectivity index (χ1n) is 9.43. The molecule has 2 atom stereocenters. The van der Waals surface area contributed by atoms with Gasteiger partial charge in [0.15, 0.2) is 6.10 Å². The van der Waals surface area contributed by atoms with Crippen LogP contribution in [0, 0.1) is 5.41 Å². The fraction of sp³-hybridized carbons (Fsp3) is 0.350. The lowest BCUT2D eigenvalue weighted by atomic mass is 9.86. The Balaban J connectivity index is 1.70. The van der Waals surface area contributed by atoms with Gasteiger partial charge in [-0.05, 0) is 41.0 Å². The maximum Gasteiger partial charge on any atom is 0.404 e. The standard InChI is InChI=1S/C20H23ClN6O4/c1-20(2,3)17(28)15(31-19(22)29)11-27-25-18(24-26-27)12-4-9-16(23-10-12)30-14-7-5-13(21)6-8-14/h4-10,15,17,28H,11H2,1-3H3,(H2,22,29)/t15-,17?/m0/s1. The van der Waals surface area contributed by atoms with Crippen molar-refractivity contribution < 1.29 is 19.4 Å². The number of hydrogen-bond donors (Lipinski definition) is 2. The molecule has 164 valence electrons. The minimum Gasteiger partial charge on any atom is -0.442 e. The number of ether oxygens (including phenoxy) is 2. The third-order valence-electron chi connectivity index (χ3n) is 4.33. The summed E-state index contributed by atoms with van der Waals surface area (Å²) in [6.45, 7) is 5.43. The first-order valence-corrected chi connectivity index (χ1v) is 9.81. The van der Waals surface area contributed by atoms with Gasteiger partial charge < -0.3 is 20.3 Å². The van der Waals surface area contributed by atoms with Crippen molar-refractivity contribution in [3.05, 3.63) is 47.6 Å². The molecule has 0 spiro atoms. The number of halogens is 1. The number of benzene rings is 1. The van der Waals surface area contributed by atoms with Crippen molar-refractivity contribution in [3.8, 4) is 23.0 Å². The number of aliphatic hydroxyl groups is 1.